The Morgan fingerprint density at radius 2 is 2.22 bits per heavy atom. The van der Waals surface area contributed by atoms with Crippen LogP contribution in [0.4, 0.5) is 11.4 Å². The van der Waals surface area contributed by atoms with Crippen molar-refractivity contribution in [1.82, 2.24) is 0 Å². The van der Waals surface area contributed by atoms with Gasteiger partial charge in [0.25, 0.3) is 5.91 Å². The smallest absolute Gasteiger partial charge is 0.260 e. The predicted octanol–water partition coefficient (Wildman–Crippen LogP) is 2.64. The molecule has 3 N–H and O–H groups in total. The molecule has 1 amide bonds. The predicted molar refractivity (Wildman–Crippen MR) is 67.2 cm³/mol. The summed E-state index contributed by atoms with van der Waals surface area (Å²) in [5, 5.41) is 11.5. The van der Waals surface area contributed by atoms with Gasteiger partial charge in [-0.25, -0.2) is 0 Å². The molecule has 0 aliphatic rings. The average Bonchev–Trinajstić information content (AvgIpc) is 2.77. The van der Waals surface area contributed by atoms with E-state index < -0.39 is 5.91 Å². The van der Waals surface area contributed by atoms with E-state index in [1.54, 1.807) is 12.1 Å². The van der Waals surface area contributed by atoms with Crippen LogP contribution in [0.2, 0.25) is 5.22 Å². The molecule has 0 atom stereocenters. The molecule has 1 heterocycles. The molecule has 0 fully saturated rings. The van der Waals surface area contributed by atoms with Gasteiger partial charge in [-0.05, 0) is 35.9 Å². The van der Waals surface area contributed by atoms with Crippen molar-refractivity contribution in [3.8, 4) is 6.07 Å². The van der Waals surface area contributed by atoms with Gasteiger partial charge in [0.15, 0.2) is 0 Å². The number of carbonyl (C=O) groups is 1. The van der Waals surface area contributed by atoms with Gasteiger partial charge in [-0.2, -0.15) is 5.26 Å². The first-order valence-corrected chi connectivity index (χ1v) is 5.33. The molecule has 2 aromatic rings. The van der Waals surface area contributed by atoms with E-state index in [2.05, 4.69) is 5.32 Å². The summed E-state index contributed by atoms with van der Waals surface area (Å²) in [6.45, 7) is 0. The lowest BCUT2D eigenvalue weighted by Gasteiger charge is -2.06. The molecule has 2 rings (SSSR count). The van der Waals surface area contributed by atoms with Crippen LogP contribution in [0, 0.1) is 11.3 Å². The van der Waals surface area contributed by atoms with E-state index in [0.717, 1.165) is 0 Å². The van der Waals surface area contributed by atoms with Crippen molar-refractivity contribution in [1.29, 1.82) is 5.26 Å². The van der Waals surface area contributed by atoms with Crippen LogP contribution in [0.15, 0.2) is 34.9 Å². The topological polar surface area (TPSA) is 92.0 Å². The molecule has 0 spiro atoms. The zero-order chi connectivity index (χ0) is 13.1. The number of amides is 1. The summed E-state index contributed by atoms with van der Waals surface area (Å²) in [6, 6.07) is 8.02. The summed E-state index contributed by atoms with van der Waals surface area (Å²) in [4.78, 5) is 11.9. The summed E-state index contributed by atoms with van der Waals surface area (Å²) < 4.78 is 4.82. The van der Waals surface area contributed by atoms with Crippen molar-refractivity contribution >= 4 is 28.9 Å². The molecule has 90 valence electrons. The monoisotopic (exact) mass is 261 g/mol. The second-order valence-electron chi connectivity index (χ2n) is 3.48. The van der Waals surface area contributed by atoms with Crippen LogP contribution in [-0.4, -0.2) is 5.91 Å². The first kappa shape index (κ1) is 12.0. The highest BCUT2D eigenvalue weighted by atomic mass is 35.5. The van der Waals surface area contributed by atoms with Gasteiger partial charge in [0.1, 0.15) is 6.07 Å². The first-order chi connectivity index (χ1) is 8.61. The molecule has 18 heavy (non-hydrogen) atoms. The minimum atomic E-state index is -0.449. The molecule has 0 aliphatic carbocycles. The normalized spacial score (nSPS) is 9.78. The van der Waals surface area contributed by atoms with Crippen molar-refractivity contribution in [3.05, 3.63) is 46.9 Å². The Kier molecular flexibility index (Phi) is 3.22. The van der Waals surface area contributed by atoms with E-state index in [1.807, 2.05) is 6.07 Å². The summed E-state index contributed by atoms with van der Waals surface area (Å²) in [7, 11) is 0. The highest BCUT2D eigenvalue weighted by molar-refractivity contribution is 6.32. The van der Waals surface area contributed by atoms with Crippen molar-refractivity contribution in [2.75, 3.05) is 11.1 Å². The average molecular weight is 262 g/mol. The number of nitriles is 1. The Labute approximate surface area is 108 Å². The van der Waals surface area contributed by atoms with Crippen LogP contribution >= 0.6 is 11.6 Å². The Balaban J connectivity index is 2.28. The van der Waals surface area contributed by atoms with Crippen LogP contribution in [0.5, 0.6) is 0 Å². The lowest BCUT2D eigenvalue weighted by molar-refractivity contribution is 0.102. The van der Waals surface area contributed by atoms with Gasteiger partial charge < -0.3 is 15.5 Å². The summed E-state index contributed by atoms with van der Waals surface area (Å²) in [6.07, 6.45) is 1.31. The molecule has 5 nitrogen and oxygen atoms in total. The third kappa shape index (κ3) is 2.29. The van der Waals surface area contributed by atoms with Crippen molar-refractivity contribution < 1.29 is 9.21 Å². The highest BCUT2D eigenvalue weighted by Gasteiger charge is 2.14. The number of nitrogens with one attached hydrogen (secondary N) is 1. The summed E-state index contributed by atoms with van der Waals surface area (Å²) in [5.74, 6) is -0.449. The van der Waals surface area contributed by atoms with Crippen molar-refractivity contribution in [2.45, 2.75) is 0 Å². The quantitative estimate of drug-likeness (QED) is 0.813. The minimum Gasteiger partial charge on any atom is -0.452 e. The van der Waals surface area contributed by atoms with Crippen LogP contribution < -0.4 is 11.1 Å². The maximum Gasteiger partial charge on any atom is 0.260 e. The van der Waals surface area contributed by atoms with E-state index in [4.69, 9.17) is 27.0 Å². The van der Waals surface area contributed by atoms with E-state index in [1.165, 1.54) is 18.4 Å². The number of carbonyl (C=O) groups excluding carboxylic acids is 1. The van der Waals surface area contributed by atoms with E-state index >= 15 is 0 Å². The van der Waals surface area contributed by atoms with Crippen molar-refractivity contribution in [2.24, 2.45) is 0 Å². The van der Waals surface area contributed by atoms with Crippen LogP contribution in [0.3, 0.4) is 0 Å². The fourth-order valence-corrected chi connectivity index (χ4v) is 1.61. The molecule has 1 aromatic heterocycles. The molecule has 0 saturated carbocycles. The maximum absolute atomic E-state index is 11.9. The molecule has 0 saturated heterocycles. The van der Waals surface area contributed by atoms with Crippen LogP contribution in [0.25, 0.3) is 0 Å². The molecular formula is C12H8ClN3O2. The number of nitrogens with two attached hydrogens (primary N) is 1. The van der Waals surface area contributed by atoms with Gasteiger partial charge >= 0.3 is 0 Å². The van der Waals surface area contributed by atoms with Gasteiger partial charge in [-0.3, -0.25) is 4.79 Å². The second-order valence-corrected chi connectivity index (χ2v) is 3.82. The molecule has 0 unspecified atom stereocenters. The summed E-state index contributed by atoms with van der Waals surface area (Å²) in [5.41, 5.74) is 6.86. The lowest BCUT2D eigenvalue weighted by atomic mass is 10.1. The summed E-state index contributed by atoms with van der Waals surface area (Å²) >= 11 is 5.69. The van der Waals surface area contributed by atoms with E-state index in [9.17, 15) is 4.79 Å². The number of halogens is 1. The molecule has 0 bridgehead atoms. The zero-order valence-electron chi connectivity index (χ0n) is 9.11. The third-order valence-electron chi connectivity index (χ3n) is 2.27. The fourth-order valence-electron chi connectivity index (χ4n) is 1.41. The van der Waals surface area contributed by atoms with E-state index in [-0.39, 0.29) is 16.3 Å². The number of hydrogen-bond acceptors (Lipinski definition) is 4. The Bertz CT molecular complexity index is 643. The number of furan rings is 1. The number of hydrogen-bond donors (Lipinski definition) is 2. The lowest BCUT2D eigenvalue weighted by Crippen LogP contribution is -2.12. The van der Waals surface area contributed by atoms with Gasteiger partial charge in [0.05, 0.1) is 23.1 Å². The number of rotatable bonds is 2. The highest BCUT2D eigenvalue weighted by Crippen LogP contribution is 2.21. The Morgan fingerprint density at radius 3 is 2.83 bits per heavy atom. The number of benzene rings is 1. The standard InChI is InChI=1S/C12H8ClN3O2/c13-11-9(3-4-18-11)12(17)16-10-2-1-8(15)5-7(10)6-14/h1-5H,15H2,(H,16,17). The molecule has 0 radical (unpaired) electrons. The van der Waals surface area contributed by atoms with Crippen LogP contribution in [0.1, 0.15) is 15.9 Å². The Hall–Kier alpha value is -2.45. The number of nitrogens with zero attached hydrogens (tertiary/aromatic N) is 1. The van der Waals surface area contributed by atoms with Gasteiger partial charge in [0, 0.05) is 5.69 Å². The van der Waals surface area contributed by atoms with Crippen molar-refractivity contribution in [3.63, 3.8) is 0 Å². The minimum absolute atomic E-state index is 0.00135. The molecule has 1 aromatic carbocycles. The first-order valence-electron chi connectivity index (χ1n) is 4.96. The molecular weight excluding hydrogens is 254 g/mol. The third-order valence-corrected chi connectivity index (χ3v) is 2.57. The molecule has 6 heteroatoms. The van der Waals surface area contributed by atoms with Crippen LogP contribution in [-0.2, 0) is 0 Å². The van der Waals surface area contributed by atoms with Gasteiger partial charge in [-0.15, -0.1) is 0 Å². The maximum atomic E-state index is 11.9. The van der Waals surface area contributed by atoms with E-state index in [0.29, 0.717) is 11.4 Å². The molecule has 0 aliphatic heterocycles. The Morgan fingerprint density at radius 1 is 1.44 bits per heavy atom. The largest absolute Gasteiger partial charge is 0.452 e. The SMILES string of the molecule is N#Cc1cc(N)ccc1NC(=O)c1ccoc1Cl. The fraction of sp³-hybridized carbons (Fsp3) is 0. The zero-order valence-corrected chi connectivity index (χ0v) is 9.86. The number of nitrogen functional groups attached to an aromatic ring is 1. The van der Waals surface area contributed by atoms with Gasteiger partial charge in [-0.1, -0.05) is 0 Å². The second kappa shape index (κ2) is 4.82. The van der Waals surface area contributed by atoms with Gasteiger partial charge in [0.2, 0.25) is 5.22 Å². The number of anilines is 2.